The molecule has 128 valence electrons. The minimum atomic E-state index is -0.498. The molecule has 0 bridgehead atoms. The highest BCUT2D eigenvalue weighted by Gasteiger charge is 2.13. The first-order valence-electron chi connectivity index (χ1n) is 6.99. The third kappa shape index (κ3) is 4.53. The maximum Gasteiger partial charge on any atom is 0.259 e. The predicted molar refractivity (Wildman–Crippen MR) is 95.2 cm³/mol. The van der Waals surface area contributed by atoms with Gasteiger partial charge in [-0.3, -0.25) is 10.1 Å². The number of aromatic nitrogens is 2. The van der Waals surface area contributed by atoms with E-state index in [1.807, 2.05) is 0 Å². The van der Waals surface area contributed by atoms with Gasteiger partial charge in [0.15, 0.2) is 4.34 Å². The normalized spacial score (nSPS) is 10.7. The lowest BCUT2D eigenvalue weighted by atomic mass is 10.2. The molecule has 4 nitrogen and oxygen atoms in total. The van der Waals surface area contributed by atoms with Crippen molar-refractivity contribution >= 4 is 45.7 Å². The molecule has 1 heterocycles. The molecule has 1 amide bonds. The van der Waals surface area contributed by atoms with Crippen LogP contribution in [0.4, 0.5) is 13.9 Å². The first-order chi connectivity index (χ1) is 12.0. The Morgan fingerprint density at radius 3 is 2.80 bits per heavy atom. The molecule has 0 spiro atoms. The summed E-state index contributed by atoms with van der Waals surface area (Å²) in [5.41, 5.74) is 0.567. The summed E-state index contributed by atoms with van der Waals surface area (Å²) in [5, 5.41) is 11.0. The van der Waals surface area contributed by atoms with Gasteiger partial charge in [0.1, 0.15) is 11.6 Å². The predicted octanol–water partition coefficient (Wildman–Crippen LogP) is 5.01. The van der Waals surface area contributed by atoms with Crippen LogP contribution in [0.3, 0.4) is 0 Å². The van der Waals surface area contributed by atoms with Crippen molar-refractivity contribution in [2.45, 2.75) is 10.1 Å². The summed E-state index contributed by atoms with van der Waals surface area (Å²) in [7, 11) is 0. The number of halogens is 3. The van der Waals surface area contributed by atoms with E-state index in [0.717, 1.165) is 29.5 Å². The van der Waals surface area contributed by atoms with Crippen LogP contribution in [0, 0.1) is 11.6 Å². The van der Waals surface area contributed by atoms with Gasteiger partial charge in [0.2, 0.25) is 5.13 Å². The maximum absolute atomic E-state index is 13.6. The number of thioether (sulfide) groups is 1. The molecule has 0 aliphatic rings. The number of hydrogen-bond acceptors (Lipinski definition) is 5. The fraction of sp³-hybridized carbons (Fsp3) is 0.0625. The van der Waals surface area contributed by atoms with Crippen molar-refractivity contribution in [1.29, 1.82) is 0 Å². The van der Waals surface area contributed by atoms with E-state index in [1.54, 1.807) is 24.3 Å². The zero-order valence-electron chi connectivity index (χ0n) is 12.5. The van der Waals surface area contributed by atoms with Gasteiger partial charge in [-0.05, 0) is 30.3 Å². The Kier molecular flexibility index (Phi) is 5.62. The third-order valence-corrected chi connectivity index (χ3v) is 5.45. The molecule has 0 atom stereocenters. The summed E-state index contributed by atoms with van der Waals surface area (Å²) in [6.07, 6.45) is 0. The molecule has 3 rings (SSSR count). The van der Waals surface area contributed by atoms with E-state index in [2.05, 4.69) is 15.5 Å². The van der Waals surface area contributed by atoms with Gasteiger partial charge in [0, 0.05) is 11.3 Å². The molecule has 0 unspecified atom stereocenters. The highest BCUT2D eigenvalue weighted by molar-refractivity contribution is 8.00. The number of hydrogen-bond donors (Lipinski definition) is 1. The number of nitrogens with one attached hydrogen (secondary N) is 1. The monoisotopic (exact) mass is 397 g/mol. The Hall–Kier alpha value is -2.03. The Balaban J connectivity index is 1.64. The number of rotatable bonds is 5. The quantitative estimate of drug-likeness (QED) is 0.485. The van der Waals surface area contributed by atoms with E-state index in [4.69, 9.17) is 11.6 Å². The van der Waals surface area contributed by atoms with Crippen LogP contribution in [0.25, 0.3) is 0 Å². The molecule has 0 aliphatic heterocycles. The minimum Gasteiger partial charge on any atom is -0.296 e. The van der Waals surface area contributed by atoms with Gasteiger partial charge in [-0.2, -0.15) is 0 Å². The van der Waals surface area contributed by atoms with E-state index in [0.29, 0.717) is 20.1 Å². The molecular weight excluding hydrogens is 388 g/mol. The van der Waals surface area contributed by atoms with Crippen molar-refractivity contribution in [2.24, 2.45) is 0 Å². The topological polar surface area (TPSA) is 54.9 Å². The van der Waals surface area contributed by atoms with Gasteiger partial charge in [-0.25, -0.2) is 8.78 Å². The second-order valence-electron chi connectivity index (χ2n) is 4.83. The number of nitrogens with zero attached hydrogens (tertiary/aromatic N) is 2. The zero-order valence-corrected chi connectivity index (χ0v) is 14.9. The van der Waals surface area contributed by atoms with Crippen molar-refractivity contribution in [1.82, 2.24) is 10.2 Å². The molecule has 0 fully saturated rings. The smallest absolute Gasteiger partial charge is 0.259 e. The van der Waals surface area contributed by atoms with Crippen molar-refractivity contribution in [3.05, 3.63) is 70.2 Å². The van der Waals surface area contributed by atoms with Crippen LogP contribution >= 0.6 is 34.7 Å². The fourth-order valence-corrected chi connectivity index (χ4v) is 3.86. The Morgan fingerprint density at radius 2 is 2.00 bits per heavy atom. The van der Waals surface area contributed by atoms with Crippen molar-refractivity contribution in [3.8, 4) is 0 Å². The molecule has 0 radical (unpaired) electrons. The SMILES string of the molecule is O=C(Nc1nnc(SCc2cc(F)ccc2F)s1)c1ccccc1Cl. The summed E-state index contributed by atoms with van der Waals surface area (Å²) in [6, 6.07) is 9.94. The molecule has 0 saturated heterocycles. The maximum atomic E-state index is 13.6. The highest BCUT2D eigenvalue weighted by Crippen LogP contribution is 2.29. The van der Waals surface area contributed by atoms with Gasteiger partial charge in [-0.15, -0.1) is 10.2 Å². The average molecular weight is 398 g/mol. The lowest BCUT2D eigenvalue weighted by Gasteiger charge is -2.02. The molecule has 25 heavy (non-hydrogen) atoms. The summed E-state index contributed by atoms with van der Waals surface area (Å²) in [4.78, 5) is 12.2. The van der Waals surface area contributed by atoms with E-state index < -0.39 is 17.5 Å². The summed E-state index contributed by atoms with van der Waals surface area (Å²) in [6.45, 7) is 0. The van der Waals surface area contributed by atoms with Crippen LogP contribution in [0.15, 0.2) is 46.8 Å². The number of carbonyl (C=O) groups is 1. The van der Waals surface area contributed by atoms with E-state index in [9.17, 15) is 13.6 Å². The van der Waals surface area contributed by atoms with Crippen LogP contribution in [0.5, 0.6) is 0 Å². The summed E-state index contributed by atoms with van der Waals surface area (Å²) < 4.78 is 27.3. The first kappa shape index (κ1) is 17.8. The Morgan fingerprint density at radius 1 is 1.20 bits per heavy atom. The number of amides is 1. The van der Waals surface area contributed by atoms with Crippen molar-refractivity contribution in [3.63, 3.8) is 0 Å². The van der Waals surface area contributed by atoms with Crippen LogP contribution in [0.2, 0.25) is 5.02 Å². The van der Waals surface area contributed by atoms with Gasteiger partial charge in [-0.1, -0.05) is 46.8 Å². The van der Waals surface area contributed by atoms with Gasteiger partial charge in [0.05, 0.1) is 10.6 Å². The fourth-order valence-electron chi connectivity index (χ4n) is 1.92. The largest absolute Gasteiger partial charge is 0.296 e. The molecule has 3 aromatic rings. The first-order valence-corrected chi connectivity index (χ1v) is 9.17. The third-order valence-electron chi connectivity index (χ3n) is 3.10. The second-order valence-corrected chi connectivity index (χ2v) is 7.44. The van der Waals surface area contributed by atoms with Crippen LogP contribution in [-0.2, 0) is 5.75 Å². The van der Waals surface area contributed by atoms with E-state index in [-0.39, 0.29) is 11.3 Å². The van der Waals surface area contributed by atoms with Crippen LogP contribution in [-0.4, -0.2) is 16.1 Å². The lowest BCUT2D eigenvalue weighted by molar-refractivity contribution is 0.102. The Bertz CT molecular complexity index is 920. The minimum absolute atomic E-state index is 0.205. The molecular formula is C16H10ClF2N3OS2. The zero-order chi connectivity index (χ0) is 17.8. The average Bonchev–Trinajstić information content (AvgIpc) is 3.03. The van der Waals surface area contributed by atoms with Crippen molar-refractivity contribution < 1.29 is 13.6 Å². The van der Waals surface area contributed by atoms with Crippen LogP contribution < -0.4 is 5.32 Å². The summed E-state index contributed by atoms with van der Waals surface area (Å²) >= 11 is 8.32. The molecule has 2 aromatic carbocycles. The molecule has 0 saturated carbocycles. The molecule has 0 aliphatic carbocycles. The van der Waals surface area contributed by atoms with E-state index in [1.165, 1.54) is 11.8 Å². The molecule has 1 aromatic heterocycles. The van der Waals surface area contributed by atoms with E-state index >= 15 is 0 Å². The number of benzene rings is 2. The van der Waals surface area contributed by atoms with Gasteiger partial charge in [0.25, 0.3) is 5.91 Å². The van der Waals surface area contributed by atoms with Gasteiger partial charge >= 0.3 is 0 Å². The van der Waals surface area contributed by atoms with Crippen LogP contribution in [0.1, 0.15) is 15.9 Å². The molecule has 1 N–H and O–H groups in total. The lowest BCUT2D eigenvalue weighted by Crippen LogP contribution is -2.12. The Labute approximate surface area is 155 Å². The molecule has 9 heteroatoms. The highest BCUT2D eigenvalue weighted by atomic mass is 35.5. The summed E-state index contributed by atoms with van der Waals surface area (Å²) in [5.74, 6) is -1.17. The van der Waals surface area contributed by atoms with Gasteiger partial charge < -0.3 is 0 Å². The number of carbonyl (C=O) groups excluding carboxylic acids is 1. The number of anilines is 1. The standard InChI is InChI=1S/C16H10ClF2N3OS2/c17-12-4-2-1-3-11(12)14(23)20-15-21-22-16(25-15)24-8-9-7-10(18)5-6-13(9)19/h1-7H,8H2,(H,20,21,23). The second kappa shape index (κ2) is 7.90. The van der Waals surface area contributed by atoms with Crippen molar-refractivity contribution in [2.75, 3.05) is 5.32 Å².